The number of rotatable bonds is 15. The number of aryl methyl sites for hydroxylation is 1. The van der Waals surface area contributed by atoms with Gasteiger partial charge in [0.2, 0.25) is 0 Å². The standard InChI is InChI=1S/C30H46NO8P/c1-8-10-11-12-22-16-26(33)28(25-15-23(18-32)13-14-24(25)19(3)4)27(17-22)39-40(36,30(35)37-9-2)31-21(7)29(34)38-20(5)6/h15-17,20-21,24-25,32-33H,3,8-14,18H2,1-2,4-7H3,(H,31,36). The number of ether oxygens (including phenoxy) is 2. The van der Waals surface area contributed by atoms with Gasteiger partial charge in [0.1, 0.15) is 17.5 Å². The highest BCUT2D eigenvalue weighted by molar-refractivity contribution is 7.74. The SMILES string of the molecule is C=C(C)C1CCC(CO)=CC1c1c(O)cc(CCCCC)cc1OP(=O)(NC(C)C(=O)OC(C)C)C(=O)OCC. The summed E-state index contributed by atoms with van der Waals surface area (Å²) in [5.41, 5.74) is 1.62. The number of hydrogen-bond acceptors (Lipinski definition) is 8. The van der Waals surface area contributed by atoms with Crippen LogP contribution in [0.2, 0.25) is 0 Å². The van der Waals surface area contributed by atoms with E-state index >= 15 is 0 Å². The molecule has 0 saturated heterocycles. The quantitative estimate of drug-likeness (QED) is 0.0891. The maximum Gasteiger partial charge on any atom is 0.424 e. The molecule has 0 heterocycles. The Balaban J connectivity index is 2.68. The van der Waals surface area contributed by atoms with Crippen molar-refractivity contribution in [1.29, 1.82) is 0 Å². The van der Waals surface area contributed by atoms with Crippen molar-refractivity contribution in [1.82, 2.24) is 5.09 Å². The summed E-state index contributed by atoms with van der Waals surface area (Å²) >= 11 is 0. The number of aromatic hydroxyl groups is 1. The van der Waals surface area contributed by atoms with Crippen LogP contribution in [0.3, 0.4) is 0 Å². The largest absolute Gasteiger partial charge is 0.507 e. The Morgan fingerprint density at radius 1 is 1.20 bits per heavy atom. The second-order valence-electron chi connectivity index (χ2n) is 10.7. The molecule has 1 aliphatic rings. The molecule has 0 bridgehead atoms. The number of esters is 1. The van der Waals surface area contributed by atoms with E-state index in [1.54, 1.807) is 32.9 Å². The van der Waals surface area contributed by atoms with E-state index in [0.29, 0.717) is 24.8 Å². The first-order valence-corrected chi connectivity index (χ1v) is 15.8. The molecule has 1 aliphatic carbocycles. The highest BCUT2D eigenvalue weighted by atomic mass is 31.2. The summed E-state index contributed by atoms with van der Waals surface area (Å²) in [4.78, 5) is 25.6. The van der Waals surface area contributed by atoms with E-state index in [-0.39, 0.29) is 30.6 Å². The number of allylic oxidation sites excluding steroid dienone is 2. The molecule has 0 spiro atoms. The van der Waals surface area contributed by atoms with Crippen LogP contribution < -0.4 is 9.61 Å². The molecule has 0 fully saturated rings. The molecule has 40 heavy (non-hydrogen) atoms. The molecule has 3 N–H and O–H groups in total. The topological polar surface area (TPSA) is 131 Å². The first-order chi connectivity index (χ1) is 18.9. The van der Waals surface area contributed by atoms with Gasteiger partial charge in [-0.2, -0.15) is 0 Å². The van der Waals surface area contributed by atoms with Crippen molar-refractivity contribution in [3.8, 4) is 11.5 Å². The van der Waals surface area contributed by atoms with E-state index in [4.69, 9.17) is 14.0 Å². The van der Waals surface area contributed by atoms with E-state index in [9.17, 15) is 24.4 Å². The van der Waals surface area contributed by atoms with E-state index in [1.807, 2.05) is 13.0 Å². The molecular weight excluding hydrogens is 533 g/mol. The van der Waals surface area contributed by atoms with E-state index in [0.717, 1.165) is 36.0 Å². The lowest BCUT2D eigenvalue weighted by Crippen LogP contribution is -2.37. The smallest absolute Gasteiger partial charge is 0.424 e. The van der Waals surface area contributed by atoms with Gasteiger partial charge in [0, 0.05) is 11.5 Å². The Hall–Kier alpha value is -2.61. The number of carbonyl (C=O) groups excluding carboxylic acids is 2. The minimum absolute atomic E-state index is 0.0477. The van der Waals surface area contributed by atoms with Gasteiger partial charge < -0.3 is 24.2 Å². The fraction of sp³-hybridized carbons (Fsp3) is 0.600. The number of nitrogens with one attached hydrogen (secondary N) is 1. The Morgan fingerprint density at radius 2 is 1.90 bits per heavy atom. The number of aliphatic hydroxyl groups is 1. The van der Waals surface area contributed by atoms with Crippen molar-refractivity contribution in [2.75, 3.05) is 13.2 Å². The van der Waals surface area contributed by atoms with Gasteiger partial charge in [-0.05, 0) is 89.5 Å². The van der Waals surface area contributed by atoms with Crippen LogP contribution in [-0.2, 0) is 25.3 Å². The fourth-order valence-corrected chi connectivity index (χ4v) is 6.42. The predicted molar refractivity (Wildman–Crippen MR) is 156 cm³/mol. The number of hydrogen-bond donors (Lipinski definition) is 3. The lowest BCUT2D eigenvalue weighted by Gasteiger charge is -2.33. The van der Waals surface area contributed by atoms with Crippen molar-refractivity contribution in [2.45, 2.75) is 98.1 Å². The summed E-state index contributed by atoms with van der Waals surface area (Å²) in [6.07, 6.45) is 6.33. The molecule has 2 rings (SSSR count). The molecule has 4 unspecified atom stereocenters. The summed E-state index contributed by atoms with van der Waals surface area (Å²) < 4.78 is 30.5. The lowest BCUT2D eigenvalue weighted by molar-refractivity contribution is -0.149. The van der Waals surface area contributed by atoms with Gasteiger partial charge in [0.15, 0.2) is 0 Å². The van der Waals surface area contributed by atoms with E-state index in [2.05, 4.69) is 18.6 Å². The van der Waals surface area contributed by atoms with Gasteiger partial charge in [-0.3, -0.25) is 4.79 Å². The number of carbonyl (C=O) groups is 2. The third-order valence-electron chi connectivity index (χ3n) is 6.85. The average molecular weight is 580 g/mol. The normalized spacial score (nSPS) is 19.4. The number of unbranched alkanes of at least 4 members (excludes halogenated alkanes) is 2. The summed E-state index contributed by atoms with van der Waals surface area (Å²) in [5.74, 6) is -1.27. The Morgan fingerprint density at radius 3 is 2.48 bits per heavy atom. The second-order valence-corrected chi connectivity index (χ2v) is 12.6. The first kappa shape index (κ1) is 33.6. The second kappa shape index (κ2) is 15.4. The van der Waals surface area contributed by atoms with Gasteiger partial charge in [-0.1, -0.05) is 38.0 Å². The maximum absolute atomic E-state index is 14.2. The molecular formula is C30H46NO8P. The third-order valence-corrected chi connectivity index (χ3v) is 8.64. The predicted octanol–water partition coefficient (Wildman–Crippen LogP) is 6.77. The van der Waals surface area contributed by atoms with Gasteiger partial charge in [0.25, 0.3) is 0 Å². The molecule has 0 saturated carbocycles. The van der Waals surface area contributed by atoms with E-state index in [1.165, 1.54) is 6.92 Å². The highest BCUT2D eigenvalue weighted by Gasteiger charge is 2.42. The summed E-state index contributed by atoms with van der Waals surface area (Å²) in [6, 6.07) is 2.20. The molecule has 224 valence electrons. The minimum Gasteiger partial charge on any atom is -0.507 e. The van der Waals surface area contributed by atoms with E-state index < -0.39 is 37.3 Å². The van der Waals surface area contributed by atoms with Crippen molar-refractivity contribution >= 4 is 19.2 Å². The van der Waals surface area contributed by atoms with Gasteiger partial charge in [0.05, 0.1) is 19.3 Å². The number of phenols is 1. The van der Waals surface area contributed by atoms with Crippen molar-refractivity contribution in [3.05, 3.63) is 47.1 Å². The lowest BCUT2D eigenvalue weighted by atomic mass is 9.73. The van der Waals surface area contributed by atoms with Gasteiger partial charge in [-0.15, -0.1) is 0 Å². The Kier molecular flexibility index (Phi) is 12.9. The van der Waals surface area contributed by atoms with Gasteiger partial charge >= 0.3 is 19.2 Å². The highest BCUT2D eigenvalue weighted by Crippen LogP contribution is 2.52. The molecule has 0 aliphatic heterocycles. The van der Waals surface area contributed by atoms with Crippen molar-refractivity contribution in [2.24, 2.45) is 5.92 Å². The number of aliphatic hydroxyl groups excluding tert-OH is 1. The van der Waals surface area contributed by atoms with Crippen molar-refractivity contribution < 1.29 is 38.4 Å². The van der Waals surface area contributed by atoms with Crippen LogP contribution in [0.1, 0.15) is 90.7 Å². The number of phenolic OH excluding ortho intramolecular Hbond substituents is 1. The molecule has 9 nitrogen and oxygen atoms in total. The first-order valence-electron chi connectivity index (χ1n) is 14.1. The monoisotopic (exact) mass is 579 g/mol. The summed E-state index contributed by atoms with van der Waals surface area (Å²) in [7, 11) is -4.53. The van der Waals surface area contributed by atoms with Crippen LogP contribution >= 0.6 is 7.52 Å². The molecule has 0 radical (unpaired) electrons. The molecule has 1 aromatic rings. The molecule has 0 aromatic heterocycles. The van der Waals surface area contributed by atoms with Crippen LogP contribution in [0.15, 0.2) is 35.9 Å². The minimum atomic E-state index is -4.53. The maximum atomic E-state index is 14.2. The zero-order valence-corrected chi connectivity index (χ0v) is 25.6. The van der Waals surface area contributed by atoms with Crippen LogP contribution in [0, 0.1) is 5.92 Å². The zero-order valence-electron chi connectivity index (χ0n) is 24.7. The van der Waals surface area contributed by atoms with Crippen LogP contribution in [-0.4, -0.2) is 47.3 Å². The average Bonchev–Trinajstić information content (AvgIpc) is 2.88. The van der Waals surface area contributed by atoms with Crippen LogP contribution in [0.4, 0.5) is 4.79 Å². The summed E-state index contributed by atoms with van der Waals surface area (Å²) in [6.45, 7) is 14.3. The Labute approximate surface area is 238 Å². The van der Waals surface area contributed by atoms with Crippen LogP contribution in [0.5, 0.6) is 11.5 Å². The van der Waals surface area contributed by atoms with Gasteiger partial charge in [-0.25, -0.2) is 14.4 Å². The Bertz CT molecular complexity index is 1130. The molecule has 10 heteroatoms. The summed E-state index contributed by atoms with van der Waals surface area (Å²) in [5, 5.41) is 23.8. The molecule has 1 aromatic carbocycles. The molecule has 0 amide bonds. The van der Waals surface area contributed by atoms with Crippen LogP contribution in [0.25, 0.3) is 0 Å². The zero-order chi connectivity index (χ0) is 30.0. The third kappa shape index (κ3) is 8.95. The fourth-order valence-electron chi connectivity index (χ4n) is 4.85. The number of benzene rings is 1. The molecule has 4 atom stereocenters. The van der Waals surface area contributed by atoms with Crippen molar-refractivity contribution in [3.63, 3.8) is 0 Å².